The molecule has 0 aliphatic rings. The van der Waals surface area contributed by atoms with Crippen LogP contribution < -0.4 is 0 Å². The molecule has 0 radical (unpaired) electrons. The van der Waals surface area contributed by atoms with Gasteiger partial charge in [0.2, 0.25) is 0 Å². The molecule has 3 heteroatoms. The highest BCUT2D eigenvalue weighted by molar-refractivity contribution is 6.07. The summed E-state index contributed by atoms with van der Waals surface area (Å²) in [6.45, 7) is 8.58. The van der Waals surface area contributed by atoms with Crippen LogP contribution in [0.1, 0.15) is 49.6 Å². The zero-order chi connectivity index (χ0) is 22.2. The first-order valence-corrected chi connectivity index (χ1v) is 11.4. The van der Waals surface area contributed by atoms with Crippen LogP contribution in [-0.4, -0.2) is 9.97 Å². The van der Waals surface area contributed by atoms with Crippen LogP contribution in [0.5, 0.6) is 0 Å². The van der Waals surface area contributed by atoms with Crippen LogP contribution in [0.2, 0.25) is 0 Å². The normalized spacial score (nSPS) is 11.7. The fourth-order valence-electron chi connectivity index (χ4n) is 4.74. The van der Waals surface area contributed by atoms with Crippen LogP contribution in [-0.2, 0) is 0 Å². The predicted molar refractivity (Wildman–Crippen MR) is 133 cm³/mol. The molecule has 3 heterocycles. The second kappa shape index (κ2) is 8.23. The number of hydrogen-bond donors (Lipinski definition) is 0. The summed E-state index contributed by atoms with van der Waals surface area (Å²) in [4.78, 5) is 9.19. The molecule has 0 N–H and O–H groups in total. The van der Waals surface area contributed by atoms with Gasteiger partial charge >= 0.3 is 0 Å². The molecule has 0 saturated carbocycles. The number of furan rings is 1. The van der Waals surface area contributed by atoms with Gasteiger partial charge in [0.1, 0.15) is 11.2 Å². The summed E-state index contributed by atoms with van der Waals surface area (Å²) in [5, 5.41) is 2.25. The number of hydrogen-bond acceptors (Lipinski definition) is 3. The summed E-state index contributed by atoms with van der Waals surface area (Å²) in [5.74, 6) is 0.574. The van der Waals surface area contributed by atoms with E-state index in [4.69, 9.17) is 4.42 Å². The Morgan fingerprint density at radius 3 is 2.00 bits per heavy atom. The molecule has 0 aliphatic carbocycles. The minimum Gasteiger partial charge on any atom is -0.456 e. The number of benzene rings is 2. The van der Waals surface area contributed by atoms with Crippen LogP contribution in [0, 0.1) is 13.8 Å². The number of aromatic nitrogens is 2. The van der Waals surface area contributed by atoms with Crippen molar-refractivity contribution >= 4 is 21.9 Å². The van der Waals surface area contributed by atoms with Gasteiger partial charge < -0.3 is 4.42 Å². The number of aryl methyl sites for hydroxylation is 2. The van der Waals surface area contributed by atoms with Crippen LogP contribution in [0.15, 0.2) is 71.3 Å². The summed E-state index contributed by atoms with van der Waals surface area (Å²) in [6.07, 6.45) is 4.22. The topological polar surface area (TPSA) is 38.9 Å². The van der Waals surface area contributed by atoms with Crippen molar-refractivity contribution in [2.45, 2.75) is 46.5 Å². The van der Waals surface area contributed by atoms with E-state index in [1.165, 1.54) is 16.7 Å². The van der Waals surface area contributed by atoms with Crippen LogP contribution in [0.25, 0.3) is 44.3 Å². The molecule has 0 fully saturated rings. The highest BCUT2D eigenvalue weighted by atomic mass is 16.3. The monoisotopic (exact) mass is 420 g/mol. The Morgan fingerprint density at radius 1 is 0.719 bits per heavy atom. The summed E-state index contributed by atoms with van der Waals surface area (Å²) >= 11 is 0. The molecule has 0 atom stereocenters. The average Bonchev–Trinajstić information content (AvgIpc) is 3.16. The van der Waals surface area contributed by atoms with Crippen molar-refractivity contribution in [1.82, 2.24) is 9.97 Å². The van der Waals surface area contributed by atoms with Gasteiger partial charge in [-0.25, -0.2) is 0 Å². The Morgan fingerprint density at radius 2 is 1.34 bits per heavy atom. The van der Waals surface area contributed by atoms with Crippen molar-refractivity contribution in [1.29, 1.82) is 0 Å². The number of fused-ring (bicyclic) bond motifs is 3. The quantitative estimate of drug-likeness (QED) is 0.287. The van der Waals surface area contributed by atoms with E-state index in [-0.39, 0.29) is 0 Å². The largest absolute Gasteiger partial charge is 0.456 e. The first-order chi connectivity index (χ1) is 15.6. The van der Waals surface area contributed by atoms with E-state index in [0.29, 0.717) is 5.92 Å². The second-order valence-electron chi connectivity index (χ2n) is 8.65. The van der Waals surface area contributed by atoms with Crippen LogP contribution in [0.3, 0.4) is 0 Å². The molecule has 160 valence electrons. The van der Waals surface area contributed by atoms with E-state index >= 15 is 0 Å². The molecule has 3 nitrogen and oxygen atoms in total. The lowest BCUT2D eigenvalue weighted by atomic mass is 9.93. The number of rotatable bonds is 5. The third-order valence-corrected chi connectivity index (χ3v) is 6.42. The van der Waals surface area contributed by atoms with E-state index in [1.54, 1.807) is 0 Å². The molecule has 2 aromatic carbocycles. The lowest BCUT2D eigenvalue weighted by Gasteiger charge is -2.13. The van der Waals surface area contributed by atoms with Gasteiger partial charge in [-0.3, -0.25) is 9.97 Å². The third-order valence-electron chi connectivity index (χ3n) is 6.42. The number of nitrogens with zero attached hydrogens (tertiary/aromatic N) is 2. The Hall–Kier alpha value is -3.46. The second-order valence-corrected chi connectivity index (χ2v) is 8.65. The minimum absolute atomic E-state index is 0.574. The predicted octanol–water partition coefficient (Wildman–Crippen LogP) is 8.23. The van der Waals surface area contributed by atoms with E-state index in [2.05, 4.69) is 84.5 Å². The van der Waals surface area contributed by atoms with Gasteiger partial charge in [0.05, 0.1) is 5.69 Å². The maximum absolute atomic E-state index is 6.15. The third kappa shape index (κ3) is 3.69. The Balaban J connectivity index is 1.63. The molecule has 32 heavy (non-hydrogen) atoms. The van der Waals surface area contributed by atoms with Gasteiger partial charge in [0.25, 0.3) is 0 Å². The molecule has 0 spiro atoms. The van der Waals surface area contributed by atoms with E-state index in [9.17, 15) is 0 Å². The minimum atomic E-state index is 0.574. The van der Waals surface area contributed by atoms with E-state index in [1.807, 2.05) is 20.0 Å². The molecule has 5 rings (SSSR count). The standard InChI is InChI=1S/C29H28N2O/c1-5-20(6-2)22-11-12-30-27(17-22)23-8-10-29-26(16-23)25-15-21(7-9-28(25)32-29)24-13-18(3)31-19(4)14-24/h7-17,20H,5-6H2,1-4H3. The van der Waals surface area contributed by atoms with E-state index < -0.39 is 0 Å². The molecular weight excluding hydrogens is 392 g/mol. The summed E-state index contributed by atoms with van der Waals surface area (Å²) < 4.78 is 6.15. The van der Waals surface area contributed by atoms with Crippen molar-refractivity contribution in [2.75, 3.05) is 0 Å². The SMILES string of the molecule is CCC(CC)c1ccnc(-c2ccc3oc4ccc(-c5cc(C)nc(C)c5)cc4c3c2)c1. The Labute approximate surface area is 189 Å². The lowest BCUT2D eigenvalue weighted by Crippen LogP contribution is -1.96. The van der Waals surface area contributed by atoms with Gasteiger partial charge in [-0.1, -0.05) is 19.9 Å². The maximum Gasteiger partial charge on any atom is 0.135 e. The zero-order valence-electron chi connectivity index (χ0n) is 19.1. The van der Waals surface area contributed by atoms with Crippen LogP contribution in [0.4, 0.5) is 0 Å². The van der Waals surface area contributed by atoms with Gasteiger partial charge in [-0.05, 0) is 104 Å². The Bertz CT molecular complexity index is 1410. The number of pyridine rings is 2. The van der Waals surface area contributed by atoms with Gasteiger partial charge in [0.15, 0.2) is 0 Å². The molecule has 0 saturated heterocycles. The molecule has 3 aromatic heterocycles. The average molecular weight is 421 g/mol. The van der Waals surface area contributed by atoms with E-state index in [0.717, 1.165) is 57.4 Å². The van der Waals surface area contributed by atoms with Crippen molar-refractivity contribution in [3.8, 4) is 22.4 Å². The molecule has 0 unspecified atom stereocenters. The van der Waals surface area contributed by atoms with Crippen molar-refractivity contribution < 1.29 is 4.42 Å². The van der Waals surface area contributed by atoms with Crippen molar-refractivity contribution in [3.63, 3.8) is 0 Å². The fourth-order valence-corrected chi connectivity index (χ4v) is 4.74. The highest BCUT2D eigenvalue weighted by Crippen LogP contribution is 2.35. The van der Waals surface area contributed by atoms with Crippen molar-refractivity contribution in [3.05, 3.63) is 83.8 Å². The van der Waals surface area contributed by atoms with Gasteiger partial charge in [-0.15, -0.1) is 0 Å². The summed E-state index contributed by atoms with van der Waals surface area (Å²) in [6, 6.07) is 21.5. The fraction of sp³-hybridized carbons (Fsp3) is 0.241. The summed E-state index contributed by atoms with van der Waals surface area (Å²) in [5.41, 5.74) is 9.72. The zero-order valence-corrected chi connectivity index (χ0v) is 19.1. The molecule has 0 aliphatic heterocycles. The molecular formula is C29H28N2O. The van der Waals surface area contributed by atoms with Crippen LogP contribution >= 0.6 is 0 Å². The maximum atomic E-state index is 6.15. The van der Waals surface area contributed by atoms with Gasteiger partial charge in [0, 0.05) is 33.9 Å². The first kappa shape index (κ1) is 20.4. The summed E-state index contributed by atoms with van der Waals surface area (Å²) in [7, 11) is 0. The highest BCUT2D eigenvalue weighted by Gasteiger charge is 2.13. The Kier molecular flexibility index (Phi) is 5.26. The molecule has 5 aromatic rings. The van der Waals surface area contributed by atoms with Gasteiger partial charge in [-0.2, -0.15) is 0 Å². The molecule has 0 amide bonds. The first-order valence-electron chi connectivity index (χ1n) is 11.4. The lowest BCUT2D eigenvalue weighted by molar-refractivity contribution is 0.641. The smallest absolute Gasteiger partial charge is 0.135 e. The van der Waals surface area contributed by atoms with Crippen molar-refractivity contribution in [2.24, 2.45) is 0 Å². The molecule has 0 bridgehead atoms.